The van der Waals surface area contributed by atoms with Crippen LogP contribution in [0.3, 0.4) is 0 Å². The number of rotatable bonds is 4. The van der Waals surface area contributed by atoms with E-state index >= 15 is 0 Å². The molecular weight excluding hydrogens is 255 g/mol. The summed E-state index contributed by atoms with van der Waals surface area (Å²) in [5, 5.41) is 0. The Kier molecular flexibility index (Phi) is 4.89. The molecule has 0 atom stereocenters. The van der Waals surface area contributed by atoms with Gasteiger partial charge < -0.3 is 0 Å². The van der Waals surface area contributed by atoms with Crippen molar-refractivity contribution in [3.63, 3.8) is 0 Å². The maximum absolute atomic E-state index is 11.8. The zero-order valence-electron chi connectivity index (χ0n) is 9.39. The smallest absolute Gasteiger partial charge is 0.279 e. The van der Waals surface area contributed by atoms with Crippen LogP contribution in [0.25, 0.3) is 0 Å². The van der Waals surface area contributed by atoms with E-state index in [4.69, 9.17) is 22.8 Å². The van der Waals surface area contributed by atoms with Crippen LogP contribution in [0, 0.1) is 0 Å². The van der Waals surface area contributed by atoms with Crippen LogP contribution in [0.5, 0.6) is 0 Å². The third-order valence-corrected chi connectivity index (χ3v) is 6.35. The first-order valence-corrected chi connectivity index (χ1v) is 8.73. The summed E-state index contributed by atoms with van der Waals surface area (Å²) in [6.45, 7) is 4.03. The Labute approximate surface area is 96.7 Å². The van der Waals surface area contributed by atoms with Gasteiger partial charge >= 0.3 is 0 Å². The molecule has 0 bridgehead atoms. The Hall–Kier alpha value is 0.440. The molecule has 0 aliphatic carbocycles. The minimum absolute atomic E-state index is 0.162. The van der Waals surface area contributed by atoms with E-state index in [1.807, 2.05) is 0 Å². The van der Waals surface area contributed by atoms with Crippen LogP contribution in [0.1, 0.15) is 27.7 Å². The van der Waals surface area contributed by atoms with Crippen LogP contribution in [-0.4, -0.2) is 24.6 Å². The van der Waals surface area contributed by atoms with Gasteiger partial charge in [-0.3, -0.25) is 11.0 Å². The van der Waals surface area contributed by atoms with Crippen molar-refractivity contribution in [3.05, 3.63) is 0 Å². The molecule has 0 fully saturated rings. The molecule has 0 aromatic heterocycles. The number of hydrogen-bond donors (Lipinski definition) is 3. The van der Waals surface area contributed by atoms with Crippen LogP contribution in [0.4, 0.5) is 0 Å². The van der Waals surface area contributed by atoms with Gasteiger partial charge in [0.1, 0.15) is 6.49 Å². The Bertz CT molecular complexity index is 356. The van der Waals surface area contributed by atoms with Crippen LogP contribution < -0.4 is 15.7 Å². The third-order valence-electron chi connectivity index (χ3n) is 1.33. The second-order valence-electron chi connectivity index (χ2n) is 4.17. The van der Waals surface area contributed by atoms with Crippen molar-refractivity contribution in [2.45, 2.75) is 33.2 Å². The Balaban J connectivity index is 5.11. The molecule has 6 nitrogen and oxygen atoms in total. The van der Waals surface area contributed by atoms with Crippen molar-refractivity contribution in [3.8, 4) is 0 Å². The maximum Gasteiger partial charge on any atom is 0.285 e. The van der Waals surface area contributed by atoms with E-state index in [2.05, 4.69) is 4.72 Å². The van der Waals surface area contributed by atoms with Crippen molar-refractivity contribution >= 4 is 28.5 Å². The molecule has 92 valence electrons. The number of nitrogens with two attached hydrogens (primary N) is 2. The number of nitrogens with one attached hydrogen (secondary N) is 1. The van der Waals surface area contributed by atoms with E-state index in [1.54, 1.807) is 27.7 Å². The summed E-state index contributed by atoms with van der Waals surface area (Å²) < 4.78 is 27.1. The molecule has 0 aliphatic heterocycles. The first-order valence-electron chi connectivity index (χ1n) is 4.39. The van der Waals surface area contributed by atoms with Crippen molar-refractivity contribution in [2.24, 2.45) is 11.0 Å². The third kappa shape index (κ3) is 5.35. The molecule has 0 aromatic rings. The topological polar surface area (TPSA) is 101 Å². The average molecular weight is 274 g/mol. The van der Waals surface area contributed by atoms with E-state index < -0.39 is 22.2 Å². The molecule has 15 heavy (non-hydrogen) atoms. The van der Waals surface area contributed by atoms with Crippen LogP contribution in [0.2, 0.25) is 0 Å². The van der Waals surface area contributed by atoms with E-state index in [9.17, 15) is 8.42 Å². The van der Waals surface area contributed by atoms with Crippen molar-refractivity contribution in [1.29, 1.82) is 0 Å². The first-order chi connectivity index (χ1) is 6.40. The van der Waals surface area contributed by atoms with Gasteiger partial charge in [0.25, 0.3) is 10.2 Å². The summed E-state index contributed by atoms with van der Waals surface area (Å²) in [4.78, 5) is 0. The van der Waals surface area contributed by atoms with Gasteiger partial charge in [-0.05, 0) is 32.6 Å². The van der Waals surface area contributed by atoms with Gasteiger partial charge in [0, 0.05) is 12.1 Å². The second-order valence-corrected chi connectivity index (χ2v) is 9.62. The molecule has 0 saturated heterocycles. The Morgan fingerprint density at radius 3 is 2.00 bits per heavy atom. The fourth-order valence-electron chi connectivity index (χ4n) is 0.999. The highest BCUT2D eigenvalue weighted by Gasteiger charge is 2.31. The normalized spacial score (nSPS) is 14.6. The maximum atomic E-state index is 11.8. The van der Waals surface area contributed by atoms with Gasteiger partial charge in [0.05, 0.1) is 0 Å². The zero-order valence-corrected chi connectivity index (χ0v) is 11.9. The standard InChI is InChI=1S/C6H19N4O2PS2/c1-5-10(13(7,8)14)15(11,12)9-6(2,3)4/h9H,5H2,1-4H3,(H4,7,8,14). The van der Waals surface area contributed by atoms with E-state index in [0.29, 0.717) is 0 Å². The molecule has 0 unspecified atom stereocenters. The van der Waals surface area contributed by atoms with Crippen molar-refractivity contribution < 1.29 is 8.42 Å². The highest BCUT2D eigenvalue weighted by molar-refractivity contribution is 8.15. The molecule has 5 N–H and O–H groups in total. The Morgan fingerprint density at radius 1 is 1.40 bits per heavy atom. The summed E-state index contributed by atoms with van der Waals surface area (Å²) >= 11 is 4.82. The van der Waals surface area contributed by atoms with Gasteiger partial charge in [-0.1, -0.05) is 6.92 Å². The number of nitrogens with zero attached hydrogens (tertiary/aromatic N) is 1. The highest BCUT2D eigenvalue weighted by Crippen LogP contribution is 2.34. The SMILES string of the molecule is CCN(P(N)(N)=S)S(=O)(=O)NC(C)(C)C. The molecule has 0 heterocycles. The summed E-state index contributed by atoms with van der Waals surface area (Å²) in [5.41, 5.74) is 10.4. The van der Waals surface area contributed by atoms with Gasteiger partial charge in [0.15, 0.2) is 0 Å². The Morgan fingerprint density at radius 2 is 1.80 bits per heavy atom. The lowest BCUT2D eigenvalue weighted by atomic mass is 10.1. The van der Waals surface area contributed by atoms with Gasteiger partial charge in [-0.2, -0.15) is 13.1 Å². The van der Waals surface area contributed by atoms with Crippen LogP contribution >= 0.6 is 6.49 Å². The predicted molar refractivity (Wildman–Crippen MR) is 66.8 cm³/mol. The lowest BCUT2D eigenvalue weighted by Crippen LogP contribution is -2.49. The van der Waals surface area contributed by atoms with Crippen LogP contribution in [0.15, 0.2) is 0 Å². The number of hydrogen-bond acceptors (Lipinski definition) is 3. The molecule has 0 radical (unpaired) electrons. The fourth-order valence-corrected chi connectivity index (χ4v) is 5.26. The lowest BCUT2D eigenvalue weighted by molar-refractivity contribution is 0.464. The molecule has 0 rings (SSSR count). The van der Waals surface area contributed by atoms with Crippen molar-refractivity contribution in [2.75, 3.05) is 6.54 Å². The predicted octanol–water partition coefficient (Wildman–Crippen LogP) is 0.0831. The van der Waals surface area contributed by atoms with Crippen molar-refractivity contribution in [1.82, 2.24) is 8.80 Å². The molecule has 0 amide bonds. The van der Waals surface area contributed by atoms with E-state index in [0.717, 1.165) is 4.08 Å². The minimum Gasteiger partial charge on any atom is -0.279 e. The van der Waals surface area contributed by atoms with Gasteiger partial charge in [-0.25, -0.2) is 0 Å². The van der Waals surface area contributed by atoms with Gasteiger partial charge in [-0.15, -0.1) is 4.08 Å². The van der Waals surface area contributed by atoms with Gasteiger partial charge in [0.2, 0.25) is 0 Å². The van der Waals surface area contributed by atoms with E-state index in [-0.39, 0.29) is 6.54 Å². The molecule has 9 heteroatoms. The lowest BCUT2D eigenvalue weighted by Gasteiger charge is -2.30. The fraction of sp³-hybridized carbons (Fsp3) is 1.00. The first kappa shape index (κ1) is 15.4. The molecular formula is C6H19N4O2PS2. The second kappa shape index (κ2) is 4.75. The summed E-state index contributed by atoms with van der Waals surface area (Å²) in [7, 11) is -3.71. The van der Waals surface area contributed by atoms with E-state index in [1.165, 1.54) is 0 Å². The summed E-state index contributed by atoms with van der Waals surface area (Å²) in [6.07, 6.45) is 0. The molecule has 0 aromatic carbocycles. The minimum atomic E-state index is -3.71. The quantitative estimate of drug-likeness (QED) is 0.630. The summed E-state index contributed by atoms with van der Waals surface area (Å²) in [6, 6.07) is 0. The average Bonchev–Trinajstić information content (AvgIpc) is 1.75. The molecule has 0 spiro atoms. The molecule has 0 aliphatic rings. The van der Waals surface area contributed by atoms with Crippen LogP contribution in [-0.2, 0) is 22.0 Å². The molecule has 0 saturated carbocycles. The highest BCUT2D eigenvalue weighted by atomic mass is 32.5. The summed E-state index contributed by atoms with van der Waals surface area (Å²) in [5.74, 6) is 0. The zero-order chi connectivity index (χ0) is 12.5. The monoisotopic (exact) mass is 274 g/mol. The largest absolute Gasteiger partial charge is 0.285 e.